The SMILES string of the molecule is NCCn1cc(-c2cc(OCc3ccccc3)ccc2F)cn1. The Hall–Kier alpha value is -2.66. The number of hydrogen-bond acceptors (Lipinski definition) is 3. The van der Waals surface area contributed by atoms with E-state index in [-0.39, 0.29) is 5.82 Å². The van der Waals surface area contributed by atoms with Crippen molar-refractivity contribution in [2.45, 2.75) is 13.2 Å². The molecule has 0 saturated carbocycles. The number of nitrogens with two attached hydrogens (primary N) is 1. The lowest BCUT2D eigenvalue weighted by atomic mass is 10.1. The second-order valence-corrected chi connectivity index (χ2v) is 5.20. The Morgan fingerprint density at radius 1 is 1.13 bits per heavy atom. The van der Waals surface area contributed by atoms with Crippen LogP contribution in [0.3, 0.4) is 0 Å². The average Bonchev–Trinajstić information content (AvgIpc) is 3.04. The van der Waals surface area contributed by atoms with Gasteiger partial charge in [-0.2, -0.15) is 5.10 Å². The molecule has 3 aromatic rings. The Labute approximate surface area is 134 Å². The smallest absolute Gasteiger partial charge is 0.131 e. The number of aromatic nitrogens is 2. The molecule has 0 unspecified atom stereocenters. The molecule has 2 N–H and O–H groups in total. The van der Waals surface area contributed by atoms with Crippen LogP contribution < -0.4 is 10.5 Å². The Balaban J connectivity index is 1.78. The second-order valence-electron chi connectivity index (χ2n) is 5.20. The first-order valence-corrected chi connectivity index (χ1v) is 7.45. The van der Waals surface area contributed by atoms with Crippen LogP contribution in [0.25, 0.3) is 11.1 Å². The minimum absolute atomic E-state index is 0.302. The number of nitrogens with zero attached hydrogens (tertiary/aromatic N) is 2. The molecule has 118 valence electrons. The highest BCUT2D eigenvalue weighted by Crippen LogP contribution is 2.27. The molecule has 4 nitrogen and oxygen atoms in total. The summed E-state index contributed by atoms with van der Waals surface area (Å²) in [4.78, 5) is 0. The highest BCUT2D eigenvalue weighted by Gasteiger charge is 2.09. The average molecular weight is 311 g/mol. The van der Waals surface area contributed by atoms with E-state index in [2.05, 4.69) is 5.10 Å². The van der Waals surface area contributed by atoms with Crippen molar-refractivity contribution in [1.29, 1.82) is 0 Å². The van der Waals surface area contributed by atoms with Crippen LogP contribution in [0.2, 0.25) is 0 Å². The molecule has 1 heterocycles. The fraction of sp³-hybridized carbons (Fsp3) is 0.167. The maximum Gasteiger partial charge on any atom is 0.131 e. The van der Waals surface area contributed by atoms with E-state index in [4.69, 9.17) is 10.5 Å². The van der Waals surface area contributed by atoms with Crippen molar-refractivity contribution in [1.82, 2.24) is 9.78 Å². The minimum atomic E-state index is -0.302. The van der Waals surface area contributed by atoms with Crippen LogP contribution in [0.15, 0.2) is 60.9 Å². The molecule has 0 bridgehead atoms. The topological polar surface area (TPSA) is 53.1 Å². The van der Waals surface area contributed by atoms with E-state index in [1.54, 1.807) is 29.2 Å². The molecule has 0 saturated heterocycles. The first-order chi connectivity index (χ1) is 11.3. The highest BCUT2D eigenvalue weighted by atomic mass is 19.1. The number of hydrogen-bond donors (Lipinski definition) is 1. The summed E-state index contributed by atoms with van der Waals surface area (Å²) in [5, 5.41) is 4.18. The lowest BCUT2D eigenvalue weighted by Gasteiger charge is -2.08. The fourth-order valence-corrected chi connectivity index (χ4v) is 2.31. The summed E-state index contributed by atoms with van der Waals surface area (Å²) < 4.78 is 21.5. The van der Waals surface area contributed by atoms with E-state index in [1.165, 1.54) is 6.07 Å². The zero-order chi connectivity index (χ0) is 16.1. The second kappa shape index (κ2) is 7.07. The molecule has 0 spiro atoms. The van der Waals surface area contributed by atoms with Crippen molar-refractivity contribution < 1.29 is 9.13 Å². The molecule has 0 radical (unpaired) electrons. The van der Waals surface area contributed by atoms with E-state index < -0.39 is 0 Å². The summed E-state index contributed by atoms with van der Waals surface area (Å²) in [5.74, 6) is 0.321. The summed E-state index contributed by atoms with van der Waals surface area (Å²) in [6.07, 6.45) is 3.42. The molecule has 0 aliphatic rings. The third kappa shape index (κ3) is 3.76. The first kappa shape index (κ1) is 15.2. The predicted molar refractivity (Wildman–Crippen MR) is 87.4 cm³/mol. The van der Waals surface area contributed by atoms with E-state index in [1.807, 2.05) is 30.3 Å². The molecule has 0 amide bonds. The first-order valence-electron chi connectivity index (χ1n) is 7.45. The van der Waals surface area contributed by atoms with E-state index in [0.717, 1.165) is 5.56 Å². The van der Waals surface area contributed by atoms with Gasteiger partial charge in [-0.1, -0.05) is 30.3 Å². The maximum absolute atomic E-state index is 14.1. The van der Waals surface area contributed by atoms with E-state index in [9.17, 15) is 4.39 Å². The van der Waals surface area contributed by atoms with Crippen molar-refractivity contribution in [2.75, 3.05) is 6.54 Å². The minimum Gasteiger partial charge on any atom is -0.489 e. The molecular formula is C18H18FN3O. The van der Waals surface area contributed by atoms with Gasteiger partial charge in [0.05, 0.1) is 12.7 Å². The molecule has 0 fully saturated rings. The van der Waals surface area contributed by atoms with Crippen LogP contribution in [0.4, 0.5) is 4.39 Å². The lowest BCUT2D eigenvalue weighted by molar-refractivity contribution is 0.306. The molecule has 5 heteroatoms. The van der Waals surface area contributed by atoms with Crippen LogP contribution >= 0.6 is 0 Å². The van der Waals surface area contributed by atoms with Gasteiger partial charge in [0.25, 0.3) is 0 Å². The maximum atomic E-state index is 14.1. The van der Waals surface area contributed by atoms with Gasteiger partial charge in [0.1, 0.15) is 18.2 Å². The van der Waals surface area contributed by atoms with Crippen molar-refractivity contribution in [3.8, 4) is 16.9 Å². The third-order valence-electron chi connectivity index (χ3n) is 3.49. The van der Waals surface area contributed by atoms with Gasteiger partial charge in [-0.3, -0.25) is 4.68 Å². The third-order valence-corrected chi connectivity index (χ3v) is 3.49. The molecule has 0 aliphatic carbocycles. The van der Waals surface area contributed by atoms with Gasteiger partial charge in [0.2, 0.25) is 0 Å². The highest BCUT2D eigenvalue weighted by molar-refractivity contribution is 5.64. The van der Waals surface area contributed by atoms with Crippen molar-refractivity contribution in [3.05, 3.63) is 72.3 Å². The molecule has 3 rings (SSSR count). The van der Waals surface area contributed by atoms with Crippen LogP contribution in [0, 0.1) is 5.82 Å². The monoisotopic (exact) mass is 311 g/mol. The van der Waals surface area contributed by atoms with Crippen molar-refractivity contribution >= 4 is 0 Å². The molecule has 0 atom stereocenters. The zero-order valence-electron chi connectivity index (χ0n) is 12.7. The predicted octanol–water partition coefficient (Wildman–Crippen LogP) is 3.23. The van der Waals surface area contributed by atoms with E-state index >= 15 is 0 Å². The Bertz CT molecular complexity index is 771. The van der Waals surface area contributed by atoms with Gasteiger partial charge >= 0.3 is 0 Å². The Morgan fingerprint density at radius 2 is 1.96 bits per heavy atom. The number of ether oxygens (including phenoxy) is 1. The molecule has 2 aromatic carbocycles. The lowest BCUT2D eigenvalue weighted by Crippen LogP contribution is -2.09. The Morgan fingerprint density at radius 3 is 2.74 bits per heavy atom. The molecule has 0 aliphatic heterocycles. The standard InChI is InChI=1S/C18H18FN3O/c19-18-7-6-16(23-13-14-4-2-1-3-5-14)10-17(18)15-11-21-22(12-15)9-8-20/h1-7,10-12H,8-9,13,20H2. The zero-order valence-corrected chi connectivity index (χ0v) is 12.7. The van der Waals surface area contributed by atoms with Gasteiger partial charge < -0.3 is 10.5 Å². The summed E-state index contributed by atoms with van der Waals surface area (Å²) in [7, 11) is 0. The molecule has 23 heavy (non-hydrogen) atoms. The summed E-state index contributed by atoms with van der Waals surface area (Å²) >= 11 is 0. The van der Waals surface area contributed by atoms with Crippen molar-refractivity contribution in [3.63, 3.8) is 0 Å². The van der Waals surface area contributed by atoms with Crippen LogP contribution in [-0.2, 0) is 13.2 Å². The quantitative estimate of drug-likeness (QED) is 0.760. The van der Waals surface area contributed by atoms with Crippen LogP contribution in [-0.4, -0.2) is 16.3 Å². The van der Waals surface area contributed by atoms with E-state index in [0.29, 0.717) is 36.6 Å². The van der Waals surface area contributed by atoms with Crippen LogP contribution in [0.5, 0.6) is 5.75 Å². The van der Waals surface area contributed by atoms with Crippen molar-refractivity contribution in [2.24, 2.45) is 5.73 Å². The van der Waals surface area contributed by atoms with Crippen LogP contribution in [0.1, 0.15) is 5.56 Å². The molecule has 1 aromatic heterocycles. The Kier molecular flexibility index (Phi) is 4.68. The van der Waals surface area contributed by atoms with Gasteiger partial charge in [-0.15, -0.1) is 0 Å². The summed E-state index contributed by atoms with van der Waals surface area (Å²) in [6, 6.07) is 14.6. The summed E-state index contributed by atoms with van der Waals surface area (Å²) in [6.45, 7) is 1.54. The van der Waals surface area contributed by atoms with Gasteiger partial charge in [0.15, 0.2) is 0 Å². The van der Waals surface area contributed by atoms with Gasteiger partial charge in [-0.25, -0.2) is 4.39 Å². The number of rotatable bonds is 6. The van der Waals surface area contributed by atoms with Gasteiger partial charge in [0, 0.05) is 23.9 Å². The molecular weight excluding hydrogens is 293 g/mol. The normalized spacial score (nSPS) is 10.7. The number of benzene rings is 2. The van der Waals surface area contributed by atoms with Gasteiger partial charge in [-0.05, 0) is 23.8 Å². The fourth-order valence-electron chi connectivity index (χ4n) is 2.31. The number of halogens is 1. The summed E-state index contributed by atoms with van der Waals surface area (Å²) in [5.41, 5.74) is 7.75. The largest absolute Gasteiger partial charge is 0.489 e.